The Bertz CT molecular complexity index is 517. The largest absolute Gasteiger partial charge is 0.298 e. The second kappa shape index (κ2) is 6.50. The average molecular weight is 237 g/mol. The molecule has 2 heteroatoms. The number of aromatic nitrogens is 1. The summed E-state index contributed by atoms with van der Waals surface area (Å²) >= 11 is 0. The number of nitrogens with zero attached hydrogens (tertiary/aromatic N) is 1. The Morgan fingerprint density at radius 2 is 1.83 bits per heavy atom. The van der Waals surface area contributed by atoms with Crippen molar-refractivity contribution in [1.82, 2.24) is 4.98 Å². The summed E-state index contributed by atoms with van der Waals surface area (Å²) in [6.45, 7) is 0. The minimum absolute atomic E-state index is 0.718. The van der Waals surface area contributed by atoms with Crippen LogP contribution in [0.1, 0.15) is 17.7 Å². The van der Waals surface area contributed by atoms with Crippen molar-refractivity contribution in [2.75, 3.05) is 0 Å². The lowest BCUT2D eigenvalue weighted by atomic mass is 10.1. The molecule has 0 unspecified atom stereocenters. The molecule has 0 N–H and O–H groups in total. The van der Waals surface area contributed by atoms with Crippen LogP contribution >= 0.6 is 0 Å². The second-order valence-electron chi connectivity index (χ2n) is 4.07. The van der Waals surface area contributed by atoms with Crippen LogP contribution in [0.2, 0.25) is 0 Å². The van der Waals surface area contributed by atoms with Crippen molar-refractivity contribution in [2.45, 2.75) is 12.8 Å². The van der Waals surface area contributed by atoms with Crippen molar-refractivity contribution in [2.24, 2.45) is 0 Å². The molecule has 1 aromatic heterocycles. The molecule has 90 valence electrons. The Morgan fingerprint density at radius 1 is 1.06 bits per heavy atom. The van der Waals surface area contributed by atoms with Gasteiger partial charge >= 0.3 is 0 Å². The van der Waals surface area contributed by atoms with Gasteiger partial charge in [-0.3, -0.25) is 9.78 Å². The highest BCUT2D eigenvalue weighted by Gasteiger charge is 1.99. The van der Waals surface area contributed by atoms with Crippen LogP contribution in [0, 0.1) is 0 Å². The van der Waals surface area contributed by atoms with Crippen LogP contribution in [0.25, 0.3) is 6.08 Å². The molecule has 0 radical (unpaired) electrons. The summed E-state index contributed by atoms with van der Waals surface area (Å²) in [7, 11) is 0. The van der Waals surface area contributed by atoms with E-state index in [4.69, 9.17) is 0 Å². The van der Waals surface area contributed by atoms with E-state index in [2.05, 4.69) is 4.98 Å². The van der Waals surface area contributed by atoms with Crippen molar-refractivity contribution >= 4 is 12.4 Å². The van der Waals surface area contributed by atoms with E-state index in [0.29, 0.717) is 0 Å². The number of aryl methyl sites for hydroxylation is 1. The van der Waals surface area contributed by atoms with Crippen LogP contribution in [0.15, 0.2) is 60.3 Å². The second-order valence-corrected chi connectivity index (χ2v) is 4.07. The first-order valence-electron chi connectivity index (χ1n) is 5.99. The van der Waals surface area contributed by atoms with Crippen molar-refractivity contribution < 1.29 is 4.79 Å². The van der Waals surface area contributed by atoms with Gasteiger partial charge in [-0.1, -0.05) is 36.4 Å². The zero-order chi connectivity index (χ0) is 12.6. The summed E-state index contributed by atoms with van der Waals surface area (Å²) < 4.78 is 0. The molecule has 18 heavy (non-hydrogen) atoms. The van der Waals surface area contributed by atoms with E-state index >= 15 is 0 Å². The van der Waals surface area contributed by atoms with E-state index in [1.54, 1.807) is 6.20 Å². The Balaban J connectivity index is 2.02. The van der Waals surface area contributed by atoms with Crippen molar-refractivity contribution in [1.29, 1.82) is 0 Å². The Labute approximate surface area is 107 Å². The third kappa shape index (κ3) is 3.67. The maximum Gasteiger partial charge on any atom is 0.146 e. The topological polar surface area (TPSA) is 30.0 Å². The predicted molar refractivity (Wildman–Crippen MR) is 73.0 cm³/mol. The van der Waals surface area contributed by atoms with Crippen LogP contribution in [-0.2, 0) is 11.2 Å². The minimum atomic E-state index is 0.718. The molecule has 0 aliphatic heterocycles. The molecule has 0 amide bonds. The van der Waals surface area contributed by atoms with Gasteiger partial charge in [0.1, 0.15) is 6.29 Å². The Kier molecular flexibility index (Phi) is 4.42. The predicted octanol–water partition coefficient (Wildman–Crippen LogP) is 3.30. The summed E-state index contributed by atoms with van der Waals surface area (Å²) in [5.74, 6) is 0. The standard InChI is InChI=1S/C16H15NO/c18-13-15(12-14-6-2-1-3-7-14)9-10-16-8-4-5-11-17-16/h1-8,11-13H,9-10H2. The molecule has 0 saturated carbocycles. The highest BCUT2D eigenvalue weighted by molar-refractivity contribution is 5.81. The molecule has 0 spiro atoms. The number of pyridine rings is 1. The molecule has 0 saturated heterocycles. The molecule has 2 aromatic rings. The fourth-order valence-electron chi connectivity index (χ4n) is 1.75. The Morgan fingerprint density at radius 3 is 2.50 bits per heavy atom. The summed E-state index contributed by atoms with van der Waals surface area (Å²) in [5.41, 5.74) is 2.87. The molecule has 0 bridgehead atoms. The van der Waals surface area contributed by atoms with Gasteiger partial charge in [-0.15, -0.1) is 0 Å². The fourth-order valence-corrected chi connectivity index (χ4v) is 1.75. The summed E-state index contributed by atoms with van der Waals surface area (Å²) in [6.07, 6.45) is 6.14. The van der Waals surface area contributed by atoms with E-state index in [-0.39, 0.29) is 0 Å². The van der Waals surface area contributed by atoms with Crippen LogP contribution in [-0.4, -0.2) is 11.3 Å². The van der Waals surface area contributed by atoms with Gasteiger partial charge in [0.05, 0.1) is 0 Å². The monoisotopic (exact) mass is 237 g/mol. The zero-order valence-corrected chi connectivity index (χ0v) is 10.1. The van der Waals surface area contributed by atoms with Crippen LogP contribution < -0.4 is 0 Å². The van der Waals surface area contributed by atoms with Crippen molar-refractivity contribution in [3.63, 3.8) is 0 Å². The molecule has 1 aromatic carbocycles. The molecular formula is C16H15NO. The van der Waals surface area contributed by atoms with Crippen molar-refractivity contribution in [3.8, 4) is 0 Å². The van der Waals surface area contributed by atoms with Gasteiger partial charge in [0.25, 0.3) is 0 Å². The summed E-state index contributed by atoms with van der Waals surface area (Å²) in [4.78, 5) is 15.3. The first-order chi connectivity index (χ1) is 8.88. The third-order valence-corrected chi connectivity index (χ3v) is 2.70. The first kappa shape index (κ1) is 12.2. The van der Waals surface area contributed by atoms with Gasteiger partial charge in [0.15, 0.2) is 0 Å². The van der Waals surface area contributed by atoms with Gasteiger partial charge < -0.3 is 0 Å². The number of allylic oxidation sites excluding steroid dienone is 1. The van der Waals surface area contributed by atoms with Crippen molar-refractivity contribution in [3.05, 3.63) is 71.6 Å². The number of hydrogen-bond donors (Lipinski definition) is 0. The summed E-state index contributed by atoms with van der Waals surface area (Å²) in [5, 5.41) is 0. The number of aldehydes is 1. The molecule has 0 fully saturated rings. The SMILES string of the molecule is O=CC(=Cc1ccccc1)CCc1ccccn1. The lowest BCUT2D eigenvalue weighted by Gasteiger charge is -2.01. The van der Waals surface area contributed by atoms with Crippen LogP contribution in [0.4, 0.5) is 0 Å². The lowest BCUT2D eigenvalue weighted by molar-refractivity contribution is -0.105. The van der Waals surface area contributed by atoms with Gasteiger partial charge in [-0.05, 0) is 42.2 Å². The molecular weight excluding hydrogens is 222 g/mol. The molecule has 2 nitrogen and oxygen atoms in total. The molecule has 1 heterocycles. The van der Waals surface area contributed by atoms with E-state index in [1.807, 2.05) is 54.6 Å². The number of carbonyl (C=O) groups is 1. The van der Waals surface area contributed by atoms with Gasteiger partial charge in [-0.25, -0.2) is 0 Å². The highest BCUT2D eigenvalue weighted by atomic mass is 16.1. The smallest absolute Gasteiger partial charge is 0.146 e. The normalized spacial score (nSPS) is 11.2. The number of carbonyl (C=O) groups excluding carboxylic acids is 1. The van der Waals surface area contributed by atoms with Gasteiger partial charge in [0, 0.05) is 11.9 Å². The minimum Gasteiger partial charge on any atom is -0.298 e. The summed E-state index contributed by atoms with van der Waals surface area (Å²) in [6, 6.07) is 15.7. The molecule has 0 atom stereocenters. The van der Waals surface area contributed by atoms with E-state index in [1.165, 1.54) is 0 Å². The Hall–Kier alpha value is -2.22. The van der Waals surface area contributed by atoms with Gasteiger partial charge in [-0.2, -0.15) is 0 Å². The maximum atomic E-state index is 11.0. The number of rotatable bonds is 5. The van der Waals surface area contributed by atoms with E-state index in [9.17, 15) is 4.79 Å². The quantitative estimate of drug-likeness (QED) is 0.590. The highest BCUT2D eigenvalue weighted by Crippen LogP contribution is 2.10. The number of hydrogen-bond acceptors (Lipinski definition) is 2. The maximum absolute atomic E-state index is 11.0. The zero-order valence-electron chi connectivity index (χ0n) is 10.1. The molecule has 0 aliphatic rings. The van der Waals surface area contributed by atoms with Crippen LogP contribution in [0.5, 0.6) is 0 Å². The average Bonchev–Trinajstić information content (AvgIpc) is 2.45. The first-order valence-corrected chi connectivity index (χ1v) is 5.99. The molecule has 2 rings (SSSR count). The van der Waals surface area contributed by atoms with Crippen LogP contribution in [0.3, 0.4) is 0 Å². The van der Waals surface area contributed by atoms with E-state index in [0.717, 1.165) is 36.0 Å². The fraction of sp³-hybridized carbons (Fsp3) is 0.125. The lowest BCUT2D eigenvalue weighted by Crippen LogP contribution is -1.93. The van der Waals surface area contributed by atoms with Gasteiger partial charge in [0.2, 0.25) is 0 Å². The third-order valence-electron chi connectivity index (χ3n) is 2.70. The number of benzene rings is 1. The molecule has 0 aliphatic carbocycles. The van der Waals surface area contributed by atoms with E-state index < -0.39 is 0 Å².